The van der Waals surface area contributed by atoms with Gasteiger partial charge < -0.3 is 0 Å². The summed E-state index contributed by atoms with van der Waals surface area (Å²) in [4.78, 5) is 6.24. The van der Waals surface area contributed by atoms with Gasteiger partial charge in [-0.3, -0.25) is 9.88 Å². The minimum absolute atomic E-state index is 0.0800. The van der Waals surface area contributed by atoms with Crippen molar-refractivity contribution in [1.82, 2.24) is 9.88 Å². The second-order valence-electron chi connectivity index (χ2n) is 6.46. The second kappa shape index (κ2) is 5.16. The molecule has 2 heterocycles. The Balaban J connectivity index is 1.75. The molecule has 0 saturated carbocycles. The van der Waals surface area contributed by atoms with Gasteiger partial charge in [0.25, 0.3) is 5.92 Å². The summed E-state index contributed by atoms with van der Waals surface area (Å²) in [6.45, 7) is 7.06. The van der Waals surface area contributed by atoms with Crippen LogP contribution in [0.2, 0.25) is 0 Å². The van der Waals surface area contributed by atoms with Crippen LogP contribution in [0.25, 0.3) is 0 Å². The van der Waals surface area contributed by atoms with Crippen molar-refractivity contribution in [3.05, 3.63) is 29.6 Å². The van der Waals surface area contributed by atoms with Crippen LogP contribution >= 0.6 is 0 Å². The van der Waals surface area contributed by atoms with E-state index >= 15 is 0 Å². The van der Waals surface area contributed by atoms with Crippen molar-refractivity contribution in [2.45, 2.75) is 45.0 Å². The molecule has 0 N–H and O–H groups in total. The molecule has 1 fully saturated rings. The van der Waals surface area contributed by atoms with Crippen molar-refractivity contribution in [1.29, 1.82) is 0 Å². The zero-order chi connectivity index (χ0) is 14.1. The van der Waals surface area contributed by atoms with Crippen LogP contribution in [-0.4, -0.2) is 35.4 Å². The van der Waals surface area contributed by atoms with Gasteiger partial charge in [-0.15, -0.1) is 0 Å². The van der Waals surface area contributed by atoms with E-state index in [-0.39, 0.29) is 18.5 Å². The summed E-state index contributed by atoms with van der Waals surface area (Å²) in [5.74, 6) is -2.45. The summed E-state index contributed by atoms with van der Waals surface area (Å²) in [6.07, 6.45) is 3.66. The molecular formula is C15H22F2N2. The standard InChI is InChI=1S/C15H22F2N2/c1-14(2,3)12-6-7-13(18-9-12)5-4-8-19-10-15(16,17)11-19/h6-7,9H,4-5,8,10-11H2,1-3H3. The number of halogens is 2. The summed E-state index contributed by atoms with van der Waals surface area (Å²) in [5.41, 5.74) is 2.38. The van der Waals surface area contributed by atoms with Gasteiger partial charge in [0, 0.05) is 11.9 Å². The highest BCUT2D eigenvalue weighted by Crippen LogP contribution is 2.26. The molecule has 1 aromatic rings. The Hall–Kier alpha value is -1.03. The Labute approximate surface area is 113 Å². The Morgan fingerprint density at radius 2 is 1.95 bits per heavy atom. The first-order valence-corrected chi connectivity index (χ1v) is 6.82. The fraction of sp³-hybridized carbons (Fsp3) is 0.667. The quantitative estimate of drug-likeness (QED) is 0.833. The maximum Gasteiger partial charge on any atom is 0.272 e. The van der Waals surface area contributed by atoms with Crippen LogP contribution in [-0.2, 0) is 11.8 Å². The molecule has 1 aromatic heterocycles. The van der Waals surface area contributed by atoms with Gasteiger partial charge in [-0.1, -0.05) is 26.8 Å². The minimum atomic E-state index is -2.45. The number of hydrogen-bond donors (Lipinski definition) is 0. The highest BCUT2D eigenvalue weighted by Gasteiger charge is 2.43. The lowest BCUT2D eigenvalue weighted by Gasteiger charge is -2.38. The Morgan fingerprint density at radius 3 is 2.42 bits per heavy atom. The number of nitrogens with zero attached hydrogens (tertiary/aromatic N) is 2. The van der Waals surface area contributed by atoms with Crippen LogP contribution in [0, 0.1) is 0 Å². The number of aromatic nitrogens is 1. The van der Waals surface area contributed by atoms with Gasteiger partial charge in [0.15, 0.2) is 0 Å². The van der Waals surface area contributed by atoms with Crippen LogP contribution in [0.5, 0.6) is 0 Å². The number of aryl methyl sites for hydroxylation is 1. The fourth-order valence-electron chi connectivity index (χ4n) is 2.27. The lowest BCUT2D eigenvalue weighted by Crippen LogP contribution is -2.56. The zero-order valence-corrected chi connectivity index (χ0v) is 11.9. The summed E-state index contributed by atoms with van der Waals surface area (Å²) >= 11 is 0. The molecule has 0 radical (unpaired) electrons. The minimum Gasteiger partial charge on any atom is -0.291 e. The Morgan fingerprint density at radius 1 is 1.26 bits per heavy atom. The van der Waals surface area contributed by atoms with Gasteiger partial charge in [-0.05, 0) is 36.4 Å². The summed E-state index contributed by atoms with van der Waals surface area (Å²) < 4.78 is 25.3. The third-order valence-electron chi connectivity index (χ3n) is 3.51. The van der Waals surface area contributed by atoms with Crippen LogP contribution in [0.1, 0.15) is 38.4 Å². The molecule has 0 atom stereocenters. The summed E-state index contributed by atoms with van der Waals surface area (Å²) in [5, 5.41) is 0. The molecule has 1 aliphatic rings. The van der Waals surface area contributed by atoms with E-state index in [4.69, 9.17) is 0 Å². The van der Waals surface area contributed by atoms with Gasteiger partial charge in [-0.25, -0.2) is 8.78 Å². The lowest BCUT2D eigenvalue weighted by molar-refractivity contribution is -0.130. The van der Waals surface area contributed by atoms with Gasteiger partial charge in [0.2, 0.25) is 0 Å². The molecule has 1 saturated heterocycles. The molecule has 0 aromatic carbocycles. The maximum absolute atomic E-state index is 12.6. The smallest absolute Gasteiger partial charge is 0.272 e. The van der Waals surface area contributed by atoms with Gasteiger partial charge in [0.05, 0.1) is 13.1 Å². The first kappa shape index (κ1) is 14.4. The van der Waals surface area contributed by atoms with Crippen LogP contribution in [0.15, 0.2) is 18.3 Å². The first-order valence-electron chi connectivity index (χ1n) is 6.82. The van der Waals surface area contributed by atoms with E-state index in [0.29, 0.717) is 0 Å². The maximum atomic E-state index is 12.6. The van der Waals surface area contributed by atoms with Gasteiger partial charge in [-0.2, -0.15) is 0 Å². The molecule has 0 bridgehead atoms. The van der Waals surface area contributed by atoms with E-state index in [1.165, 1.54) is 5.56 Å². The molecular weight excluding hydrogens is 246 g/mol. The average Bonchev–Trinajstić information content (AvgIpc) is 2.26. The highest BCUT2D eigenvalue weighted by atomic mass is 19.3. The van der Waals surface area contributed by atoms with Gasteiger partial charge >= 0.3 is 0 Å². The fourth-order valence-corrected chi connectivity index (χ4v) is 2.27. The molecule has 106 valence electrons. The van der Waals surface area contributed by atoms with E-state index in [1.54, 1.807) is 4.90 Å². The van der Waals surface area contributed by atoms with Crippen LogP contribution < -0.4 is 0 Å². The van der Waals surface area contributed by atoms with Crippen molar-refractivity contribution < 1.29 is 8.78 Å². The second-order valence-corrected chi connectivity index (χ2v) is 6.46. The summed E-state index contributed by atoms with van der Waals surface area (Å²) in [7, 11) is 0. The monoisotopic (exact) mass is 268 g/mol. The SMILES string of the molecule is CC(C)(C)c1ccc(CCCN2CC(F)(F)C2)nc1. The third kappa shape index (κ3) is 3.96. The largest absolute Gasteiger partial charge is 0.291 e. The normalized spacial score (nSPS) is 19.2. The topological polar surface area (TPSA) is 16.1 Å². The van der Waals surface area contributed by atoms with Crippen molar-refractivity contribution in [2.24, 2.45) is 0 Å². The van der Waals surface area contributed by atoms with Crippen molar-refractivity contribution >= 4 is 0 Å². The number of alkyl halides is 2. The van der Waals surface area contributed by atoms with Gasteiger partial charge in [0.1, 0.15) is 0 Å². The summed E-state index contributed by atoms with van der Waals surface area (Å²) in [6, 6.07) is 4.16. The Bertz CT molecular complexity index is 413. The van der Waals surface area contributed by atoms with Crippen LogP contribution in [0.4, 0.5) is 8.78 Å². The number of hydrogen-bond acceptors (Lipinski definition) is 2. The number of rotatable bonds is 4. The molecule has 0 spiro atoms. The average molecular weight is 268 g/mol. The third-order valence-corrected chi connectivity index (χ3v) is 3.51. The molecule has 1 aliphatic heterocycles. The first-order chi connectivity index (χ1) is 8.76. The van der Waals surface area contributed by atoms with E-state index in [9.17, 15) is 8.78 Å². The molecule has 19 heavy (non-hydrogen) atoms. The van der Waals surface area contributed by atoms with E-state index in [0.717, 1.165) is 25.1 Å². The van der Waals surface area contributed by atoms with Crippen LogP contribution in [0.3, 0.4) is 0 Å². The lowest BCUT2D eigenvalue weighted by atomic mass is 9.88. The van der Waals surface area contributed by atoms with Crippen molar-refractivity contribution in [3.63, 3.8) is 0 Å². The van der Waals surface area contributed by atoms with Crippen molar-refractivity contribution in [3.8, 4) is 0 Å². The molecule has 0 aliphatic carbocycles. The number of pyridine rings is 1. The molecule has 2 nitrogen and oxygen atoms in total. The molecule has 2 rings (SSSR count). The molecule has 0 amide bonds. The van der Waals surface area contributed by atoms with Crippen molar-refractivity contribution in [2.75, 3.05) is 19.6 Å². The number of likely N-dealkylation sites (tertiary alicyclic amines) is 1. The Kier molecular flexibility index (Phi) is 3.90. The zero-order valence-electron chi connectivity index (χ0n) is 11.9. The predicted molar refractivity (Wildman–Crippen MR) is 72.6 cm³/mol. The highest BCUT2D eigenvalue weighted by molar-refractivity contribution is 5.21. The predicted octanol–water partition coefficient (Wildman–Crippen LogP) is 3.26. The molecule has 0 unspecified atom stereocenters. The van der Waals surface area contributed by atoms with E-state index in [2.05, 4.69) is 31.8 Å². The van der Waals surface area contributed by atoms with E-state index < -0.39 is 5.92 Å². The van der Waals surface area contributed by atoms with E-state index in [1.807, 2.05) is 12.3 Å². The molecule has 4 heteroatoms.